The van der Waals surface area contributed by atoms with Crippen molar-refractivity contribution in [2.24, 2.45) is 0 Å². The molecule has 1 aliphatic rings. The van der Waals surface area contributed by atoms with E-state index in [-0.39, 0.29) is 44.4 Å². The van der Waals surface area contributed by atoms with Crippen molar-refractivity contribution in [3.63, 3.8) is 0 Å². The summed E-state index contributed by atoms with van der Waals surface area (Å²) < 4.78 is 16.1. The maximum absolute atomic E-state index is 12.5. The lowest BCUT2D eigenvalue weighted by Crippen LogP contribution is -2.43. The molecular formula is C25H34N2O6. The van der Waals surface area contributed by atoms with E-state index in [4.69, 9.17) is 14.2 Å². The maximum atomic E-state index is 12.5. The molecule has 0 unspecified atom stereocenters. The Morgan fingerprint density at radius 1 is 1.12 bits per heavy atom. The zero-order chi connectivity index (χ0) is 24.3. The topological polar surface area (TPSA) is 94.2 Å². The van der Waals surface area contributed by atoms with E-state index >= 15 is 0 Å². The van der Waals surface area contributed by atoms with Gasteiger partial charge >= 0.3 is 18.0 Å². The van der Waals surface area contributed by atoms with Crippen molar-refractivity contribution in [2.75, 3.05) is 19.7 Å². The zero-order valence-electron chi connectivity index (χ0n) is 19.5. The number of carbonyl (C=O) groups is 3. The minimum absolute atomic E-state index is 0.0915. The number of rotatable bonds is 12. The summed E-state index contributed by atoms with van der Waals surface area (Å²) in [4.78, 5) is 38.4. The predicted octanol–water partition coefficient (Wildman–Crippen LogP) is 3.37. The van der Waals surface area contributed by atoms with E-state index in [1.165, 1.54) is 11.0 Å². The van der Waals surface area contributed by atoms with Crippen molar-refractivity contribution in [3.8, 4) is 0 Å². The number of esters is 2. The van der Waals surface area contributed by atoms with Crippen LogP contribution in [0.25, 0.3) is 0 Å². The average Bonchev–Trinajstić information content (AvgIpc) is 3.25. The molecule has 0 bridgehead atoms. The van der Waals surface area contributed by atoms with Gasteiger partial charge in [-0.3, -0.25) is 14.5 Å². The summed E-state index contributed by atoms with van der Waals surface area (Å²) in [5.74, 6) is -1.01. The highest BCUT2D eigenvalue weighted by Crippen LogP contribution is 2.19. The molecule has 1 aromatic rings. The van der Waals surface area contributed by atoms with Gasteiger partial charge in [0.15, 0.2) is 0 Å². The Morgan fingerprint density at radius 2 is 1.85 bits per heavy atom. The van der Waals surface area contributed by atoms with Crippen LogP contribution in [0.3, 0.4) is 0 Å². The summed E-state index contributed by atoms with van der Waals surface area (Å²) in [5, 5.41) is 3.23. The Kier molecular flexibility index (Phi) is 10.1. The van der Waals surface area contributed by atoms with Crippen molar-refractivity contribution in [1.82, 2.24) is 10.2 Å². The molecule has 1 N–H and O–H groups in total. The highest BCUT2D eigenvalue weighted by Gasteiger charge is 2.34. The molecule has 1 heterocycles. The van der Waals surface area contributed by atoms with Gasteiger partial charge in [0.05, 0.1) is 0 Å². The Morgan fingerprint density at radius 3 is 2.52 bits per heavy atom. The molecule has 33 heavy (non-hydrogen) atoms. The summed E-state index contributed by atoms with van der Waals surface area (Å²) in [6, 6.07) is 9.07. The molecule has 2 rings (SSSR count). The predicted molar refractivity (Wildman–Crippen MR) is 124 cm³/mol. The maximum Gasteiger partial charge on any atom is 0.410 e. The Labute approximate surface area is 195 Å². The van der Waals surface area contributed by atoms with Gasteiger partial charge in [0.2, 0.25) is 0 Å². The lowest BCUT2D eigenvalue weighted by atomic mass is 10.1. The highest BCUT2D eigenvalue weighted by atomic mass is 16.6. The third-order valence-electron chi connectivity index (χ3n) is 5.07. The Hall–Kier alpha value is -3.13. The minimum atomic E-state index is -1.01. The number of hydrogen-bond donors (Lipinski definition) is 1. The first-order valence-corrected chi connectivity index (χ1v) is 11.1. The molecule has 2 atom stereocenters. The van der Waals surface area contributed by atoms with Crippen molar-refractivity contribution >= 4 is 18.0 Å². The van der Waals surface area contributed by atoms with E-state index in [0.29, 0.717) is 6.42 Å². The zero-order valence-corrected chi connectivity index (χ0v) is 19.5. The van der Waals surface area contributed by atoms with E-state index in [0.717, 1.165) is 18.4 Å². The first-order valence-electron chi connectivity index (χ1n) is 11.1. The molecular weight excluding hydrogens is 424 g/mol. The largest absolute Gasteiger partial charge is 0.460 e. The van der Waals surface area contributed by atoms with Crippen molar-refractivity contribution in [2.45, 2.75) is 57.4 Å². The van der Waals surface area contributed by atoms with Crippen molar-refractivity contribution in [1.29, 1.82) is 0 Å². The van der Waals surface area contributed by atoms with Gasteiger partial charge in [-0.25, -0.2) is 4.79 Å². The molecule has 0 saturated carbocycles. The molecule has 0 aromatic heterocycles. The molecule has 0 spiro atoms. The first-order chi connectivity index (χ1) is 15.7. The average molecular weight is 459 g/mol. The van der Waals surface area contributed by atoms with Gasteiger partial charge in [-0.05, 0) is 38.7 Å². The minimum Gasteiger partial charge on any atom is -0.460 e. The number of carbonyl (C=O) groups excluding carboxylic acids is 3. The fourth-order valence-electron chi connectivity index (χ4n) is 3.39. The fraction of sp³-hybridized carbons (Fsp3) is 0.480. The summed E-state index contributed by atoms with van der Waals surface area (Å²) in [7, 11) is 0. The van der Waals surface area contributed by atoms with Gasteiger partial charge < -0.3 is 19.5 Å². The van der Waals surface area contributed by atoms with E-state index in [9.17, 15) is 14.4 Å². The standard InChI is InChI=1S/C25H34N2O6/c1-5-10-20-13-14-21(26-20)23(29)33-25(3,4)18-32-22(28)16-27(15-6-2)24(30)31-17-19-11-8-7-9-12-19/h5-9,11-12,20-21,26H,1-2,10,13-18H2,3-4H3/t20-,21+/m1/s1. The van der Waals surface area contributed by atoms with Gasteiger partial charge in [0.1, 0.15) is 31.4 Å². The van der Waals surface area contributed by atoms with Crippen molar-refractivity contribution in [3.05, 3.63) is 61.2 Å². The Bertz CT molecular complexity index is 823. The molecule has 1 fully saturated rings. The van der Waals surface area contributed by atoms with Crippen molar-refractivity contribution < 1.29 is 28.6 Å². The third kappa shape index (κ3) is 9.10. The number of amides is 1. The molecule has 8 heteroatoms. The summed E-state index contributed by atoms with van der Waals surface area (Å²) in [6.45, 7) is 10.4. The molecule has 8 nitrogen and oxygen atoms in total. The summed E-state index contributed by atoms with van der Waals surface area (Å²) >= 11 is 0. The lowest BCUT2D eigenvalue weighted by molar-refractivity contribution is -0.170. The van der Waals surface area contributed by atoms with Gasteiger partial charge in [-0.2, -0.15) is 0 Å². The van der Waals surface area contributed by atoms with Crippen LogP contribution in [0, 0.1) is 0 Å². The smallest absolute Gasteiger partial charge is 0.410 e. The summed E-state index contributed by atoms with van der Waals surface area (Å²) in [5.41, 5.74) is -0.176. The molecule has 1 saturated heterocycles. The second kappa shape index (κ2) is 12.8. The highest BCUT2D eigenvalue weighted by molar-refractivity contribution is 5.78. The second-order valence-corrected chi connectivity index (χ2v) is 8.57. The van der Waals surface area contributed by atoms with Crippen LogP contribution >= 0.6 is 0 Å². The van der Waals surface area contributed by atoms with Gasteiger partial charge in [-0.15, -0.1) is 13.2 Å². The van der Waals surface area contributed by atoms with Gasteiger partial charge in [-0.1, -0.05) is 42.5 Å². The molecule has 0 radical (unpaired) electrons. The quantitative estimate of drug-likeness (QED) is 0.292. The number of benzene rings is 1. The molecule has 180 valence electrons. The van der Waals surface area contributed by atoms with Gasteiger partial charge in [0, 0.05) is 12.6 Å². The monoisotopic (exact) mass is 458 g/mol. The van der Waals surface area contributed by atoms with Crippen LogP contribution in [-0.4, -0.2) is 60.3 Å². The number of nitrogens with one attached hydrogen (secondary N) is 1. The van der Waals surface area contributed by atoms with Crippen LogP contribution in [0.4, 0.5) is 4.79 Å². The summed E-state index contributed by atoms with van der Waals surface area (Å²) in [6.07, 6.45) is 5.02. The molecule has 1 amide bonds. The van der Waals surface area contributed by atoms with Crippen LogP contribution in [0.5, 0.6) is 0 Å². The third-order valence-corrected chi connectivity index (χ3v) is 5.07. The van der Waals surface area contributed by atoms with Crippen LogP contribution in [0.1, 0.15) is 38.7 Å². The number of ether oxygens (including phenoxy) is 3. The van der Waals surface area contributed by atoms with Crippen LogP contribution in [-0.2, 0) is 30.4 Å². The lowest BCUT2D eigenvalue weighted by Gasteiger charge is -2.27. The van der Waals surface area contributed by atoms with Crippen LogP contribution < -0.4 is 5.32 Å². The van der Waals surface area contributed by atoms with Crippen LogP contribution in [0.15, 0.2) is 55.6 Å². The normalized spacial score (nSPS) is 17.6. The van der Waals surface area contributed by atoms with Crippen LogP contribution in [0.2, 0.25) is 0 Å². The molecule has 1 aliphatic heterocycles. The SMILES string of the molecule is C=CC[C@@H]1CC[C@@H](C(=O)OC(C)(C)COC(=O)CN(CC=C)C(=O)OCc2ccccc2)N1. The van der Waals surface area contributed by atoms with E-state index in [2.05, 4.69) is 18.5 Å². The van der Waals surface area contributed by atoms with E-state index < -0.39 is 17.7 Å². The van der Waals surface area contributed by atoms with Gasteiger partial charge in [0.25, 0.3) is 0 Å². The van der Waals surface area contributed by atoms with E-state index in [1.807, 2.05) is 36.4 Å². The fourth-order valence-corrected chi connectivity index (χ4v) is 3.39. The van der Waals surface area contributed by atoms with E-state index in [1.54, 1.807) is 13.8 Å². The first kappa shape index (κ1) is 26.1. The number of nitrogens with zero attached hydrogens (tertiary/aromatic N) is 1. The number of hydrogen-bond acceptors (Lipinski definition) is 7. The second-order valence-electron chi connectivity index (χ2n) is 8.57. The molecule has 1 aromatic carbocycles. The molecule has 0 aliphatic carbocycles. The Balaban J connectivity index is 1.79.